The van der Waals surface area contributed by atoms with Crippen LogP contribution in [0, 0.1) is 5.41 Å². The highest BCUT2D eigenvalue weighted by molar-refractivity contribution is 7.80. The molecular formula is C11H22N4O2S. The summed E-state index contributed by atoms with van der Waals surface area (Å²) >= 11 is 4.60. The second kappa shape index (κ2) is 7.27. The maximum Gasteiger partial charge on any atom is 0.309 e. The Kier molecular flexibility index (Phi) is 6.79. The Morgan fingerprint density at radius 1 is 1.22 bits per heavy atom. The number of thiocarbonyl (C=S) groups is 1. The van der Waals surface area contributed by atoms with Crippen molar-refractivity contribution in [1.29, 1.82) is 0 Å². The van der Waals surface area contributed by atoms with Crippen molar-refractivity contribution in [2.45, 2.75) is 13.8 Å². The summed E-state index contributed by atoms with van der Waals surface area (Å²) in [5.74, 6) is -1.39. The van der Waals surface area contributed by atoms with Crippen molar-refractivity contribution in [3.05, 3.63) is 0 Å². The first-order chi connectivity index (χ1) is 8.14. The van der Waals surface area contributed by atoms with Gasteiger partial charge in [0.05, 0.1) is 11.5 Å². The van der Waals surface area contributed by atoms with Gasteiger partial charge in [-0.2, -0.15) is 0 Å². The molecular weight excluding hydrogens is 252 g/mol. The largest absolute Gasteiger partial charge is 0.392 e. The highest BCUT2D eigenvalue weighted by Gasteiger charge is 2.21. The number of rotatable bonds is 6. The summed E-state index contributed by atoms with van der Waals surface area (Å²) in [7, 11) is 3.91. The maximum absolute atomic E-state index is 11.5. The summed E-state index contributed by atoms with van der Waals surface area (Å²) in [6, 6.07) is 0. The Bertz CT molecular complexity index is 329. The fourth-order valence-corrected chi connectivity index (χ4v) is 1.63. The van der Waals surface area contributed by atoms with E-state index in [1.54, 1.807) is 0 Å². The zero-order valence-corrected chi connectivity index (χ0v) is 12.2. The van der Waals surface area contributed by atoms with E-state index < -0.39 is 11.8 Å². The third kappa shape index (κ3) is 7.97. The van der Waals surface area contributed by atoms with E-state index in [2.05, 4.69) is 22.9 Å². The number of nitrogens with one attached hydrogen (secondary N) is 2. The van der Waals surface area contributed by atoms with Gasteiger partial charge >= 0.3 is 11.8 Å². The molecule has 7 heteroatoms. The standard InChI is InChI=1S/C11H22N4O2S/c1-11(2,7-15(3)4)6-14-10(17)9(16)13-5-8(12)18/h5-7H2,1-4H3,(H2,12,18)(H,13,16)(H,14,17). The van der Waals surface area contributed by atoms with Crippen molar-refractivity contribution >= 4 is 29.0 Å². The summed E-state index contributed by atoms with van der Waals surface area (Å²) in [6.07, 6.45) is 0. The van der Waals surface area contributed by atoms with Crippen molar-refractivity contribution < 1.29 is 9.59 Å². The molecule has 6 nitrogen and oxygen atoms in total. The third-order valence-electron chi connectivity index (χ3n) is 2.10. The van der Waals surface area contributed by atoms with E-state index in [4.69, 9.17) is 5.73 Å². The Labute approximate surface area is 113 Å². The zero-order valence-electron chi connectivity index (χ0n) is 11.4. The molecule has 0 aliphatic carbocycles. The fourth-order valence-electron chi connectivity index (χ4n) is 1.56. The second-order valence-corrected chi connectivity index (χ2v) is 5.76. The Morgan fingerprint density at radius 3 is 2.17 bits per heavy atom. The molecule has 0 aromatic rings. The van der Waals surface area contributed by atoms with E-state index >= 15 is 0 Å². The molecule has 0 aromatic heterocycles. The molecule has 0 radical (unpaired) electrons. The summed E-state index contributed by atoms with van der Waals surface area (Å²) in [5, 5.41) is 4.92. The maximum atomic E-state index is 11.5. The molecule has 2 amide bonds. The van der Waals surface area contributed by atoms with Gasteiger partial charge in [0.25, 0.3) is 0 Å². The average molecular weight is 274 g/mol. The van der Waals surface area contributed by atoms with Crippen molar-refractivity contribution in [3.8, 4) is 0 Å². The van der Waals surface area contributed by atoms with Crippen LogP contribution in [0.15, 0.2) is 0 Å². The smallest absolute Gasteiger partial charge is 0.309 e. The fraction of sp³-hybridized carbons (Fsp3) is 0.727. The van der Waals surface area contributed by atoms with Crippen LogP contribution >= 0.6 is 12.2 Å². The van der Waals surface area contributed by atoms with Crippen LogP contribution < -0.4 is 16.4 Å². The first kappa shape index (κ1) is 16.8. The highest BCUT2D eigenvalue weighted by atomic mass is 32.1. The predicted molar refractivity (Wildman–Crippen MR) is 75.1 cm³/mol. The van der Waals surface area contributed by atoms with Crippen LogP contribution in [0.1, 0.15) is 13.8 Å². The van der Waals surface area contributed by atoms with Gasteiger partial charge in [-0.15, -0.1) is 0 Å². The lowest BCUT2D eigenvalue weighted by Crippen LogP contribution is -2.46. The lowest BCUT2D eigenvalue weighted by Gasteiger charge is -2.28. The normalized spacial score (nSPS) is 11.2. The summed E-state index contributed by atoms with van der Waals surface area (Å²) < 4.78 is 0. The molecule has 0 aromatic carbocycles. The van der Waals surface area contributed by atoms with Gasteiger partial charge in [0.15, 0.2) is 0 Å². The van der Waals surface area contributed by atoms with E-state index in [-0.39, 0.29) is 16.9 Å². The molecule has 0 saturated carbocycles. The van der Waals surface area contributed by atoms with Crippen LogP contribution in [0.5, 0.6) is 0 Å². The molecule has 104 valence electrons. The minimum Gasteiger partial charge on any atom is -0.392 e. The minimum absolute atomic E-state index is 0.0304. The van der Waals surface area contributed by atoms with E-state index in [9.17, 15) is 9.59 Å². The van der Waals surface area contributed by atoms with Crippen LogP contribution in [-0.4, -0.2) is 55.4 Å². The number of carbonyl (C=O) groups excluding carboxylic acids is 2. The van der Waals surface area contributed by atoms with Crippen molar-refractivity contribution in [1.82, 2.24) is 15.5 Å². The van der Waals surface area contributed by atoms with Gasteiger partial charge in [0, 0.05) is 13.1 Å². The van der Waals surface area contributed by atoms with Gasteiger partial charge in [-0.3, -0.25) is 9.59 Å². The first-order valence-corrected chi connectivity index (χ1v) is 6.04. The van der Waals surface area contributed by atoms with Gasteiger partial charge in [-0.25, -0.2) is 0 Å². The first-order valence-electron chi connectivity index (χ1n) is 5.63. The van der Waals surface area contributed by atoms with Gasteiger partial charge in [0.2, 0.25) is 0 Å². The average Bonchev–Trinajstić information content (AvgIpc) is 2.20. The lowest BCUT2D eigenvalue weighted by molar-refractivity contribution is -0.139. The van der Waals surface area contributed by atoms with Gasteiger partial charge in [-0.05, 0) is 19.5 Å². The van der Waals surface area contributed by atoms with Gasteiger partial charge in [-0.1, -0.05) is 26.1 Å². The lowest BCUT2D eigenvalue weighted by atomic mass is 9.93. The molecule has 18 heavy (non-hydrogen) atoms. The summed E-state index contributed by atoms with van der Waals surface area (Å²) in [4.78, 5) is 25.0. The molecule has 0 aliphatic rings. The topological polar surface area (TPSA) is 87.5 Å². The van der Waals surface area contributed by atoms with Gasteiger partial charge < -0.3 is 21.3 Å². The molecule has 4 N–H and O–H groups in total. The van der Waals surface area contributed by atoms with E-state index in [1.165, 1.54) is 0 Å². The molecule has 0 unspecified atom stereocenters. The molecule has 0 rings (SSSR count). The second-order valence-electron chi connectivity index (χ2n) is 5.23. The number of hydrogen-bond donors (Lipinski definition) is 3. The van der Waals surface area contributed by atoms with Crippen LogP contribution in [0.4, 0.5) is 0 Å². The van der Waals surface area contributed by atoms with Crippen LogP contribution in [0.2, 0.25) is 0 Å². The van der Waals surface area contributed by atoms with Crippen molar-refractivity contribution in [2.75, 3.05) is 33.7 Å². The van der Waals surface area contributed by atoms with Crippen LogP contribution in [0.25, 0.3) is 0 Å². The molecule has 0 atom stereocenters. The molecule has 0 saturated heterocycles. The summed E-state index contributed by atoms with van der Waals surface area (Å²) in [5.41, 5.74) is 5.11. The Morgan fingerprint density at radius 2 is 1.72 bits per heavy atom. The van der Waals surface area contributed by atoms with Crippen molar-refractivity contribution in [2.24, 2.45) is 11.1 Å². The van der Waals surface area contributed by atoms with Gasteiger partial charge in [0.1, 0.15) is 0 Å². The highest BCUT2D eigenvalue weighted by Crippen LogP contribution is 2.13. The molecule has 0 heterocycles. The molecule has 0 spiro atoms. The third-order valence-corrected chi connectivity index (χ3v) is 2.25. The van der Waals surface area contributed by atoms with E-state index in [0.717, 1.165) is 6.54 Å². The summed E-state index contributed by atoms with van der Waals surface area (Å²) in [6.45, 7) is 5.29. The van der Waals surface area contributed by atoms with E-state index in [1.807, 2.05) is 32.8 Å². The van der Waals surface area contributed by atoms with E-state index in [0.29, 0.717) is 6.54 Å². The number of nitrogens with zero attached hydrogens (tertiary/aromatic N) is 1. The Hall–Kier alpha value is -1.21. The molecule has 0 fully saturated rings. The Balaban J connectivity index is 4.09. The monoisotopic (exact) mass is 274 g/mol. The predicted octanol–water partition coefficient (Wildman–Crippen LogP) is -0.907. The quantitative estimate of drug-likeness (QED) is 0.431. The SMILES string of the molecule is CN(C)CC(C)(C)CNC(=O)C(=O)NCC(N)=S. The zero-order chi connectivity index (χ0) is 14.3. The minimum atomic E-state index is -0.719. The number of amides is 2. The van der Waals surface area contributed by atoms with Crippen LogP contribution in [0.3, 0.4) is 0 Å². The molecule has 0 aliphatic heterocycles. The molecule has 0 bridgehead atoms. The number of hydrogen-bond acceptors (Lipinski definition) is 4. The van der Waals surface area contributed by atoms with Crippen LogP contribution in [-0.2, 0) is 9.59 Å². The van der Waals surface area contributed by atoms with Crippen molar-refractivity contribution in [3.63, 3.8) is 0 Å². The number of nitrogens with two attached hydrogens (primary N) is 1. The number of carbonyl (C=O) groups is 2.